The fraction of sp³-hybridized carbons (Fsp3) is 0.350. The number of carbonyl (C=O) groups excluding carboxylic acids is 1. The van der Waals surface area contributed by atoms with Gasteiger partial charge in [0, 0.05) is 6.20 Å². The van der Waals surface area contributed by atoms with Gasteiger partial charge in [0.25, 0.3) is 0 Å². The SMILES string of the molecule is CC(=O)CNc1ncnc2c1ccn2[C@@H]1O[C@H]([C@H](O)c2ccc(F)c(F)c2)[C@@H](O)[C@H]1O.Cl. The first kappa shape index (κ1) is 24.0. The summed E-state index contributed by atoms with van der Waals surface area (Å²) in [6, 6.07) is 4.49. The van der Waals surface area contributed by atoms with E-state index in [0.29, 0.717) is 16.9 Å². The van der Waals surface area contributed by atoms with E-state index >= 15 is 0 Å². The second-order valence-corrected chi connectivity index (χ2v) is 7.33. The largest absolute Gasteiger partial charge is 0.387 e. The molecule has 1 aromatic carbocycles. The van der Waals surface area contributed by atoms with Crippen LogP contribution in [0.25, 0.3) is 11.0 Å². The molecular weight excluding hydrogens is 450 g/mol. The summed E-state index contributed by atoms with van der Waals surface area (Å²) in [4.78, 5) is 19.5. The molecule has 0 radical (unpaired) electrons. The van der Waals surface area contributed by atoms with E-state index < -0.39 is 42.3 Å². The van der Waals surface area contributed by atoms with Crippen molar-refractivity contribution >= 4 is 35.0 Å². The van der Waals surface area contributed by atoms with Gasteiger partial charge in [-0.1, -0.05) is 6.07 Å². The number of aliphatic hydroxyl groups excluding tert-OH is 3. The highest BCUT2D eigenvalue weighted by Gasteiger charge is 2.47. The summed E-state index contributed by atoms with van der Waals surface area (Å²) >= 11 is 0. The Morgan fingerprint density at radius 1 is 1.22 bits per heavy atom. The van der Waals surface area contributed by atoms with Gasteiger partial charge in [-0.05, 0) is 30.7 Å². The van der Waals surface area contributed by atoms with Crippen LogP contribution < -0.4 is 5.32 Å². The maximum atomic E-state index is 13.5. The Labute approximate surface area is 187 Å². The highest BCUT2D eigenvalue weighted by molar-refractivity contribution is 5.89. The van der Waals surface area contributed by atoms with E-state index in [1.807, 2.05) is 0 Å². The van der Waals surface area contributed by atoms with Gasteiger partial charge in [-0.3, -0.25) is 4.79 Å². The summed E-state index contributed by atoms with van der Waals surface area (Å²) in [5.74, 6) is -1.91. The fourth-order valence-electron chi connectivity index (χ4n) is 3.59. The van der Waals surface area contributed by atoms with E-state index in [1.165, 1.54) is 23.9 Å². The molecule has 1 saturated heterocycles. The number of hydrogen-bond donors (Lipinski definition) is 4. The summed E-state index contributed by atoms with van der Waals surface area (Å²) in [6.45, 7) is 1.50. The van der Waals surface area contributed by atoms with Gasteiger partial charge < -0.3 is 29.9 Å². The van der Waals surface area contributed by atoms with Crippen LogP contribution in [-0.2, 0) is 9.53 Å². The smallest absolute Gasteiger partial charge is 0.164 e. The van der Waals surface area contributed by atoms with Crippen LogP contribution in [0.4, 0.5) is 14.6 Å². The lowest BCUT2D eigenvalue weighted by Crippen LogP contribution is -2.34. The van der Waals surface area contributed by atoms with Crippen LogP contribution >= 0.6 is 12.4 Å². The van der Waals surface area contributed by atoms with Gasteiger partial charge in [0.1, 0.15) is 48.0 Å². The zero-order chi connectivity index (χ0) is 22.3. The zero-order valence-corrected chi connectivity index (χ0v) is 17.5. The van der Waals surface area contributed by atoms with E-state index in [2.05, 4.69) is 15.3 Å². The molecule has 2 aromatic heterocycles. The van der Waals surface area contributed by atoms with E-state index in [4.69, 9.17) is 4.74 Å². The number of hydrogen-bond acceptors (Lipinski definition) is 8. The molecular formula is C20H21ClF2N4O5. The maximum absolute atomic E-state index is 13.5. The van der Waals surface area contributed by atoms with Crippen LogP contribution in [0.5, 0.6) is 0 Å². The molecule has 12 heteroatoms. The van der Waals surface area contributed by atoms with Gasteiger partial charge in [0.05, 0.1) is 11.9 Å². The summed E-state index contributed by atoms with van der Waals surface area (Å²) < 4.78 is 33.9. The van der Waals surface area contributed by atoms with Crippen molar-refractivity contribution in [3.63, 3.8) is 0 Å². The quantitative estimate of drug-likeness (QED) is 0.426. The number of ether oxygens (including phenoxy) is 1. The number of ketones is 1. The van der Waals surface area contributed by atoms with Crippen LogP contribution in [0.1, 0.15) is 24.8 Å². The van der Waals surface area contributed by atoms with Crippen molar-refractivity contribution in [1.82, 2.24) is 14.5 Å². The predicted molar refractivity (Wildman–Crippen MR) is 111 cm³/mol. The van der Waals surface area contributed by atoms with Crippen molar-refractivity contribution in [2.75, 3.05) is 11.9 Å². The van der Waals surface area contributed by atoms with E-state index in [9.17, 15) is 28.9 Å². The monoisotopic (exact) mass is 470 g/mol. The lowest BCUT2D eigenvalue weighted by Gasteiger charge is -2.21. The van der Waals surface area contributed by atoms with E-state index in [1.54, 1.807) is 12.3 Å². The second kappa shape index (κ2) is 9.43. The highest BCUT2D eigenvalue weighted by Crippen LogP contribution is 2.38. The summed E-state index contributed by atoms with van der Waals surface area (Å²) in [6.07, 6.45) is -4.06. The standard InChI is InChI=1S/C20H20F2N4O5.ClH/c1-9(27)7-23-18-11-4-5-26(19(11)25-8-24-18)20-16(30)15(29)17(31-20)14(28)10-2-3-12(21)13(22)6-10;/h2-6,8,14-17,20,28-30H,7H2,1H3,(H,23,24,25);1H/t14-,15+,16-,17-,20-;/m1./s1. The molecule has 32 heavy (non-hydrogen) atoms. The van der Waals surface area contributed by atoms with Crippen LogP contribution in [0.2, 0.25) is 0 Å². The van der Waals surface area contributed by atoms with Crippen molar-refractivity contribution in [2.24, 2.45) is 0 Å². The third-order valence-electron chi connectivity index (χ3n) is 5.16. The van der Waals surface area contributed by atoms with Gasteiger partial charge in [0.15, 0.2) is 17.9 Å². The van der Waals surface area contributed by atoms with Crippen LogP contribution in [0.15, 0.2) is 36.8 Å². The Hall–Kier alpha value is -2.70. The van der Waals surface area contributed by atoms with Crippen molar-refractivity contribution in [3.8, 4) is 0 Å². The first-order valence-electron chi connectivity index (χ1n) is 9.47. The minimum absolute atomic E-state index is 0. The topological polar surface area (TPSA) is 130 Å². The molecule has 3 aromatic rings. The number of Topliss-reactive ketones (excluding diaryl/α,β-unsaturated/α-hetero) is 1. The molecule has 1 aliphatic rings. The van der Waals surface area contributed by atoms with Gasteiger partial charge in [-0.2, -0.15) is 0 Å². The van der Waals surface area contributed by atoms with Crippen LogP contribution in [0, 0.1) is 11.6 Å². The van der Waals surface area contributed by atoms with Crippen molar-refractivity contribution < 1.29 is 33.6 Å². The summed E-state index contributed by atoms with van der Waals surface area (Å²) in [5, 5.41) is 35.0. The van der Waals surface area contributed by atoms with Gasteiger partial charge >= 0.3 is 0 Å². The Balaban J connectivity index is 0.00000289. The third-order valence-corrected chi connectivity index (χ3v) is 5.16. The molecule has 3 heterocycles. The Morgan fingerprint density at radius 2 is 1.97 bits per heavy atom. The Bertz CT molecular complexity index is 1130. The molecule has 172 valence electrons. The second-order valence-electron chi connectivity index (χ2n) is 7.33. The zero-order valence-electron chi connectivity index (χ0n) is 16.7. The molecule has 0 saturated carbocycles. The number of carbonyl (C=O) groups is 1. The number of nitrogens with zero attached hydrogens (tertiary/aromatic N) is 3. The molecule has 1 fully saturated rings. The van der Waals surface area contributed by atoms with Crippen molar-refractivity contribution in [1.29, 1.82) is 0 Å². The first-order valence-corrected chi connectivity index (χ1v) is 9.47. The summed E-state index contributed by atoms with van der Waals surface area (Å²) in [5.41, 5.74) is 0.353. The van der Waals surface area contributed by atoms with Crippen LogP contribution in [0.3, 0.4) is 0 Å². The number of benzene rings is 1. The van der Waals surface area contributed by atoms with Crippen molar-refractivity contribution in [2.45, 2.75) is 37.6 Å². The molecule has 0 spiro atoms. The molecule has 5 atom stereocenters. The molecule has 0 aliphatic carbocycles. The minimum atomic E-state index is -1.52. The number of fused-ring (bicyclic) bond motifs is 1. The molecule has 4 N–H and O–H groups in total. The highest BCUT2D eigenvalue weighted by atomic mass is 35.5. The number of aromatic nitrogens is 3. The Kier molecular flexibility index (Phi) is 7.06. The average Bonchev–Trinajstić information content (AvgIpc) is 3.29. The number of halogens is 3. The number of anilines is 1. The normalized spacial score (nSPS) is 23.7. The molecule has 0 bridgehead atoms. The number of aliphatic hydroxyl groups is 3. The lowest BCUT2D eigenvalue weighted by atomic mass is 9.99. The number of rotatable bonds is 6. The molecule has 4 rings (SSSR count). The Morgan fingerprint density at radius 3 is 2.66 bits per heavy atom. The fourth-order valence-corrected chi connectivity index (χ4v) is 3.59. The first-order chi connectivity index (χ1) is 14.8. The number of nitrogens with one attached hydrogen (secondary N) is 1. The average molecular weight is 471 g/mol. The third kappa shape index (κ3) is 4.30. The predicted octanol–water partition coefficient (Wildman–Crippen LogP) is 1.48. The molecule has 1 aliphatic heterocycles. The van der Waals surface area contributed by atoms with Crippen LogP contribution in [-0.4, -0.2) is 60.5 Å². The van der Waals surface area contributed by atoms with Gasteiger partial charge in [-0.15, -0.1) is 12.4 Å². The van der Waals surface area contributed by atoms with E-state index in [-0.39, 0.29) is 30.3 Å². The van der Waals surface area contributed by atoms with Gasteiger partial charge in [-0.25, -0.2) is 18.7 Å². The lowest BCUT2D eigenvalue weighted by molar-refractivity contribution is -0.115. The minimum Gasteiger partial charge on any atom is -0.387 e. The summed E-state index contributed by atoms with van der Waals surface area (Å²) in [7, 11) is 0. The van der Waals surface area contributed by atoms with Gasteiger partial charge in [0.2, 0.25) is 0 Å². The van der Waals surface area contributed by atoms with Crippen molar-refractivity contribution in [3.05, 3.63) is 54.0 Å². The molecule has 0 unspecified atom stereocenters. The maximum Gasteiger partial charge on any atom is 0.164 e. The molecule has 9 nitrogen and oxygen atoms in total. The van der Waals surface area contributed by atoms with E-state index in [0.717, 1.165) is 12.1 Å². The molecule has 0 amide bonds.